The Balaban J connectivity index is 1.62. The van der Waals surface area contributed by atoms with Gasteiger partial charge >= 0.3 is 0 Å². The predicted molar refractivity (Wildman–Crippen MR) is 104 cm³/mol. The lowest BCUT2D eigenvalue weighted by Crippen LogP contribution is -2.39. The van der Waals surface area contributed by atoms with Crippen LogP contribution in [0.2, 0.25) is 0 Å². The van der Waals surface area contributed by atoms with Crippen LogP contribution in [0.3, 0.4) is 0 Å². The fourth-order valence-corrected chi connectivity index (χ4v) is 3.49. The zero-order valence-corrected chi connectivity index (χ0v) is 15.9. The molecule has 0 unspecified atom stereocenters. The molecule has 4 rings (SSSR count). The summed E-state index contributed by atoms with van der Waals surface area (Å²) in [7, 11) is 0. The molecular weight excluding hydrogens is 399 g/mol. The van der Waals surface area contributed by atoms with Crippen molar-refractivity contribution in [2.45, 2.75) is 0 Å². The van der Waals surface area contributed by atoms with Gasteiger partial charge in [0.15, 0.2) is 0 Å². The van der Waals surface area contributed by atoms with Crippen LogP contribution in [0, 0.1) is 5.82 Å². The van der Waals surface area contributed by atoms with E-state index in [0.717, 1.165) is 66.6 Å². The second-order valence-corrected chi connectivity index (χ2v) is 7.19. The zero-order valence-electron chi connectivity index (χ0n) is 14.3. The molecular formula is C19H20BrFN4O. The van der Waals surface area contributed by atoms with Crippen molar-refractivity contribution in [2.75, 3.05) is 44.7 Å². The van der Waals surface area contributed by atoms with Crippen molar-refractivity contribution >= 4 is 27.4 Å². The molecule has 7 heteroatoms. The van der Waals surface area contributed by atoms with Gasteiger partial charge < -0.3 is 10.1 Å². The van der Waals surface area contributed by atoms with Gasteiger partial charge in [0.2, 0.25) is 0 Å². The van der Waals surface area contributed by atoms with Crippen molar-refractivity contribution in [1.29, 1.82) is 0 Å². The van der Waals surface area contributed by atoms with Gasteiger partial charge in [0, 0.05) is 42.4 Å². The molecule has 1 N–H and O–H groups in total. The molecule has 1 fully saturated rings. The van der Waals surface area contributed by atoms with Gasteiger partial charge in [0.1, 0.15) is 23.0 Å². The third kappa shape index (κ3) is 3.75. The van der Waals surface area contributed by atoms with Crippen LogP contribution in [0.5, 0.6) is 0 Å². The number of morpholine rings is 1. The number of ether oxygens (including phenoxy) is 1. The molecule has 1 aliphatic rings. The lowest BCUT2D eigenvalue weighted by atomic mass is 10.1. The van der Waals surface area contributed by atoms with E-state index in [1.54, 1.807) is 12.1 Å². The summed E-state index contributed by atoms with van der Waals surface area (Å²) < 4.78 is 21.7. The molecule has 0 spiro atoms. The number of aromatic nitrogens is 2. The van der Waals surface area contributed by atoms with Crippen LogP contribution in [-0.4, -0.2) is 53.7 Å². The summed E-state index contributed by atoms with van der Waals surface area (Å²) in [5.41, 5.74) is 2.56. The van der Waals surface area contributed by atoms with Crippen LogP contribution in [0.15, 0.2) is 47.1 Å². The maximum absolute atomic E-state index is 13.3. The highest BCUT2D eigenvalue weighted by molar-refractivity contribution is 9.10. The average molecular weight is 419 g/mol. The molecule has 136 valence electrons. The van der Waals surface area contributed by atoms with E-state index in [-0.39, 0.29) is 5.82 Å². The van der Waals surface area contributed by atoms with Crippen LogP contribution in [-0.2, 0) is 4.74 Å². The quantitative estimate of drug-likeness (QED) is 0.686. The number of benzene rings is 1. The fraction of sp³-hybridized carbons (Fsp3) is 0.316. The number of hydrogen-bond donors (Lipinski definition) is 1. The topological polar surface area (TPSA) is 41.8 Å². The fourth-order valence-electron chi connectivity index (χ4n) is 3.15. The second-order valence-electron chi connectivity index (χ2n) is 6.27. The molecule has 0 atom stereocenters. The Bertz CT molecular complexity index is 890. The summed E-state index contributed by atoms with van der Waals surface area (Å²) in [5, 5.41) is 3.53. The normalized spacial score (nSPS) is 15.5. The number of nitrogens with zero attached hydrogens (tertiary/aromatic N) is 3. The van der Waals surface area contributed by atoms with E-state index in [2.05, 4.69) is 26.1 Å². The van der Waals surface area contributed by atoms with Crippen LogP contribution in [0.25, 0.3) is 16.9 Å². The van der Waals surface area contributed by atoms with Gasteiger partial charge in [-0.05, 0) is 52.3 Å². The molecule has 2 aromatic heterocycles. The molecule has 1 aliphatic heterocycles. The highest BCUT2D eigenvalue weighted by atomic mass is 79.9. The number of hydrogen-bond acceptors (Lipinski definition) is 4. The SMILES string of the molecule is Fc1ccc(-c2nc3ccc(Br)cn3c2NCCN2CCOCC2)cc1. The van der Waals surface area contributed by atoms with Gasteiger partial charge in [-0.2, -0.15) is 0 Å². The van der Waals surface area contributed by atoms with E-state index in [1.807, 2.05) is 22.7 Å². The molecule has 0 bridgehead atoms. The minimum Gasteiger partial charge on any atom is -0.379 e. The maximum Gasteiger partial charge on any atom is 0.139 e. The summed E-state index contributed by atoms with van der Waals surface area (Å²) >= 11 is 3.52. The molecule has 0 aliphatic carbocycles. The number of fused-ring (bicyclic) bond motifs is 1. The number of nitrogens with one attached hydrogen (secondary N) is 1. The molecule has 3 heterocycles. The number of imidazole rings is 1. The van der Waals surface area contributed by atoms with Crippen molar-refractivity contribution in [3.05, 3.63) is 52.9 Å². The Labute approximate surface area is 159 Å². The standard InChI is InChI=1S/C19H20BrFN4O/c20-15-3-6-17-23-18(14-1-4-16(21)5-2-14)19(25(17)13-15)22-7-8-24-9-11-26-12-10-24/h1-6,13,22H,7-12H2. The molecule has 5 nitrogen and oxygen atoms in total. The van der Waals surface area contributed by atoms with Crippen molar-refractivity contribution in [2.24, 2.45) is 0 Å². The number of rotatable bonds is 5. The van der Waals surface area contributed by atoms with Crippen LogP contribution >= 0.6 is 15.9 Å². The van der Waals surface area contributed by atoms with Crippen molar-refractivity contribution in [1.82, 2.24) is 14.3 Å². The largest absolute Gasteiger partial charge is 0.379 e. The smallest absolute Gasteiger partial charge is 0.139 e. The van der Waals surface area contributed by atoms with Gasteiger partial charge in [-0.15, -0.1) is 0 Å². The molecule has 3 aromatic rings. The summed E-state index contributed by atoms with van der Waals surface area (Å²) in [5.74, 6) is 0.670. The summed E-state index contributed by atoms with van der Waals surface area (Å²) in [6, 6.07) is 10.4. The van der Waals surface area contributed by atoms with Gasteiger partial charge in [-0.3, -0.25) is 9.30 Å². The third-order valence-corrected chi connectivity index (χ3v) is 4.99. The van der Waals surface area contributed by atoms with E-state index in [1.165, 1.54) is 12.1 Å². The Morgan fingerprint density at radius 3 is 2.65 bits per heavy atom. The molecule has 26 heavy (non-hydrogen) atoms. The van der Waals surface area contributed by atoms with E-state index in [9.17, 15) is 4.39 Å². The first-order chi connectivity index (χ1) is 12.7. The zero-order chi connectivity index (χ0) is 17.9. The Morgan fingerprint density at radius 1 is 1.12 bits per heavy atom. The number of halogens is 2. The lowest BCUT2D eigenvalue weighted by molar-refractivity contribution is 0.0398. The molecule has 1 aromatic carbocycles. The highest BCUT2D eigenvalue weighted by Gasteiger charge is 2.15. The number of anilines is 1. The van der Waals surface area contributed by atoms with E-state index >= 15 is 0 Å². The van der Waals surface area contributed by atoms with Gasteiger partial charge in [0.05, 0.1) is 13.2 Å². The van der Waals surface area contributed by atoms with Crippen molar-refractivity contribution < 1.29 is 9.13 Å². The van der Waals surface area contributed by atoms with Crippen LogP contribution in [0.4, 0.5) is 10.2 Å². The Morgan fingerprint density at radius 2 is 1.88 bits per heavy atom. The van der Waals surface area contributed by atoms with Crippen LogP contribution < -0.4 is 5.32 Å². The Hall–Kier alpha value is -1.96. The second kappa shape index (κ2) is 7.73. The first-order valence-electron chi connectivity index (χ1n) is 8.68. The first kappa shape index (κ1) is 17.5. The summed E-state index contributed by atoms with van der Waals surface area (Å²) in [6.45, 7) is 5.26. The minimum absolute atomic E-state index is 0.248. The van der Waals surface area contributed by atoms with Crippen LogP contribution in [0.1, 0.15) is 0 Å². The molecule has 1 saturated heterocycles. The molecule has 0 amide bonds. The molecule has 0 radical (unpaired) electrons. The van der Waals surface area contributed by atoms with Gasteiger partial charge in [-0.1, -0.05) is 0 Å². The van der Waals surface area contributed by atoms with Crippen molar-refractivity contribution in [3.8, 4) is 11.3 Å². The van der Waals surface area contributed by atoms with E-state index < -0.39 is 0 Å². The number of pyridine rings is 1. The predicted octanol–water partition coefficient (Wildman–Crippen LogP) is 3.65. The first-order valence-corrected chi connectivity index (χ1v) is 9.47. The van der Waals surface area contributed by atoms with E-state index in [0.29, 0.717) is 0 Å². The monoisotopic (exact) mass is 418 g/mol. The third-order valence-electron chi connectivity index (χ3n) is 4.52. The average Bonchev–Trinajstić information content (AvgIpc) is 3.01. The summed E-state index contributed by atoms with van der Waals surface area (Å²) in [4.78, 5) is 7.12. The highest BCUT2D eigenvalue weighted by Crippen LogP contribution is 2.30. The minimum atomic E-state index is -0.248. The van der Waals surface area contributed by atoms with Crippen molar-refractivity contribution in [3.63, 3.8) is 0 Å². The molecule has 0 saturated carbocycles. The lowest BCUT2D eigenvalue weighted by Gasteiger charge is -2.26. The van der Waals surface area contributed by atoms with E-state index in [4.69, 9.17) is 9.72 Å². The van der Waals surface area contributed by atoms with Gasteiger partial charge in [-0.25, -0.2) is 9.37 Å². The summed E-state index contributed by atoms with van der Waals surface area (Å²) in [6.07, 6.45) is 1.99. The Kier molecular flexibility index (Phi) is 5.19. The van der Waals surface area contributed by atoms with Gasteiger partial charge in [0.25, 0.3) is 0 Å². The maximum atomic E-state index is 13.3.